The largest absolute Gasteiger partial charge is 0.478 e. The molecule has 5 aliphatic carbocycles. The van der Waals surface area contributed by atoms with Crippen LogP contribution < -0.4 is 5.32 Å². The minimum absolute atomic E-state index is 0.139. The molecule has 1 aromatic heterocycles. The van der Waals surface area contributed by atoms with Crippen molar-refractivity contribution >= 4 is 11.9 Å². The highest BCUT2D eigenvalue weighted by Crippen LogP contribution is 2.78. The zero-order valence-electron chi connectivity index (χ0n) is 31.4. The molecule has 2 aromatic rings. The number of carbonyl (C=O) groups is 2. The maximum absolute atomic E-state index is 14.5. The number of aromatic carboxylic acids is 1. The molecule has 5 saturated carbocycles. The van der Waals surface area contributed by atoms with Gasteiger partial charge in [-0.3, -0.25) is 9.78 Å². The highest BCUT2D eigenvalue weighted by atomic mass is 16.4. The van der Waals surface area contributed by atoms with Crippen molar-refractivity contribution in [2.75, 3.05) is 6.54 Å². The molecule has 5 heteroatoms. The fourth-order valence-corrected chi connectivity index (χ4v) is 14.3. The molecule has 1 heterocycles. The zero-order chi connectivity index (χ0) is 35.0. The lowest BCUT2D eigenvalue weighted by atomic mass is 9.31. The lowest BCUT2D eigenvalue weighted by Gasteiger charge is -2.73. The second kappa shape index (κ2) is 12.2. The Hall–Kier alpha value is -2.69. The number of carboxylic acid groups (broad SMARTS) is 1. The molecule has 0 spiro atoms. The number of benzene rings is 1. The summed E-state index contributed by atoms with van der Waals surface area (Å²) < 4.78 is 0. The van der Waals surface area contributed by atoms with Gasteiger partial charge in [0.15, 0.2) is 0 Å². The van der Waals surface area contributed by atoms with Crippen molar-refractivity contribution in [3.05, 3.63) is 65.5 Å². The van der Waals surface area contributed by atoms with E-state index in [9.17, 15) is 14.7 Å². The molecule has 2 N–H and O–H groups in total. The van der Waals surface area contributed by atoms with Gasteiger partial charge in [0.25, 0.3) is 0 Å². The highest BCUT2D eigenvalue weighted by Gasteiger charge is 2.72. The van der Waals surface area contributed by atoms with Crippen LogP contribution in [-0.2, 0) is 11.2 Å². The fraction of sp³-hybridized carbons (Fsp3) is 0.705. The van der Waals surface area contributed by atoms with Crippen molar-refractivity contribution in [3.63, 3.8) is 0 Å². The van der Waals surface area contributed by atoms with Gasteiger partial charge in [-0.2, -0.15) is 0 Å². The second-order valence-electron chi connectivity index (χ2n) is 19.0. The first-order valence-corrected chi connectivity index (χ1v) is 19.7. The molecule has 1 aromatic carbocycles. The van der Waals surface area contributed by atoms with Crippen LogP contribution in [0, 0.1) is 62.6 Å². The number of pyridine rings is 1. The molecule has 266 valence electrons. The van der Waals surface area contributed by atoms with Gasteiger partial charge in [0, 0.05) is 24.9 Å². The standard InChI is InChI=1S/C44H62N2O3/c1-28(2)32-17-23-44(39(49)46-27-20-31-10-8-9-26-45-31)25-24-42(6)34(37(32)44)15-16-36-41(5)21-18-33(29-11-13-30(14-12-29)38(47)48)40(3,4)35(41)19-22-43(36,42)7/h8-14,26,28,32-37H,15-25,27H2,1-7H3,(H,46,49)(H,47,48)/t32-,33+,34+,35-,36+,37+,41-,42+,43+,44-/m0/s1. The number of hydrogen-bond donors (Lipinski definition) is 2. The zero-order valence-corrected chi connectivity index (χ0v) is 31.4. The first-order valence-electron chi connectivity index (χ1n) is 19.7. The third-order valence-corrected chi connectivity index (χ3v) is 16.8. The number of nitrogens with zero attached hydrogens (tertiary/aromatic N) is 1. The van der Waals surface area contributed by atoms with Crippen LogP contribution in [0.1, 0.15) is 140 Å². The number of hydrogen-bond acceptors (Lipinski definition) is 3. The van der Waals surface area contributed by atoms with Gasteiger partial charge in [-0.05, 0) is 157 Å². The molecule has 0 saturated heterocycles. The Morgan fingerprint density at radius 3 is 2.27 bits per heavy atom. The molecule has 7 rings (SSSR count). The molecule has 5 aliphatic rings. The van der Waals surface area contributed by atoms with E-state index in [2.05, 4.69) is 77.0 Å². The normalized spacial score (nSPS) is 40.8. The van der Waals surface area contributed by atoms with E-state index in [4.69, 9.17) is 0 Å². The molecule has 10 atom stereocenters. The van der Waals surface area contributed by atoms with Crippen LogP contribution in [0.4, 0.5) is 0 Å². The molecule has 0 bridgehead atoms. The third kappa shape index (κ3) is 5.16. The van der Waals surface area contributed by atoms with Gasteiger partial charge in [0.05, 0.1) is 11.0 Å². The molecular weight excluding hydrogens is 604 g/mol. The summed E-state index contributed by atoms with van der Waals surface area (Å²) in [5, 5.41) is 13.0. The monoisotopic (exact) mass is 666 g/mol. The van der Waals surface area contributed by atoms with E-state index in [0.29, 0.717) is 59.4 Å². The number of rotatable bonds is 7. The predicted octanol–water partition coefficient (Wildman–Crippen LogP) is 9.96. The highest BCUT2D eigenvalue weighted by molar-refractivity contribution is 5.87. The lowest BCUT2D eigenvalue weighted by molar-refractivity contribution is -0.239. The molecule has 5 nitrogen and oxygen atoms in total. The van der Waals surface area contributed by atoms with Crippen LogP contribution >= 0.6 is 0 Å². The summed E-state index contributed by atoms with van der Waals surface area (Å²) in [7, 11) is 0. The van der Waals surface area contributed by atoms with Crippen molar-refractivity contribution in [1.82, 2.24) is 10.3 Å². The van der Waals surface area contributed by atoms with E-state index in [1.165, 1.54) is 56.9 Å². The summed E-state index contributed by atoms with van der Waals surface area (Å²) in [5.41, 5.74) is 3.42. The van der Waals surface area contributed by atoms with E-state index in [-0.39, 0.29) is 27.1 Å². The topological polar surface area (TPSA) is 79.3 Å². The van der Waals surface area contributed by atoms with Gasteiger partial charge in [-0.15, -0.1) is 0 Å². The maximum atomic E-state index is 14.5. The van der Waals surface area contributed by atoms with Crippen molar-refractivity contribution in [2.24, 2.45) is 62.6 Å². The summed E-state index contributed by atoms with van der Waals surface area (Å²) in [6.45, 7) is 18.6. The number of amides is 1. The van der Waals surface area contributed by atoms with Gasteiger partial charge >= 0.3 is 5.97 Å². The van der Waals surface area contributed by atoms with Crippen molar-refractivity contribution in [1.29, 1.82) is 0 Å². The molecule has 1 amide bonds. The summed E-state index contributed by atoms with van der Waals surface area (Å²) >= 11 is 0. The lowest BCUT2D eigenvalue weighted by Crippen LogP contribution is -2.67. The smallest absolute Gasteiger partial charge is 0.335 e. The average Bonchev–Trinajstić information content (AvgIpc) is 3.47. The Morgan fingerprint density at radius 2 is 1.59 bits per heavy atom. The first kappa shape index (κ1) is 34.7. The van der Waals surface area contributed by atoms with Gasteiger partial charge in [-0.1, -0.05) is 66.7 Å². The SMILES string of the molecule is CC(C)[C@@H]1CC[C@]2(C(=O)NCCc3ccccn3)CC[C@]3(C)[C@H](CC[C@@H]4[C@@]5(C)CC[C@H](c6ccc(C(=O)O)cc6)C(C)(C)[C@@H]5CC[C@]43C)[C@@H]12. The van der Waals surface area contributed by atoms with Crippen LogP contribution in [0.5, 0.6) is 0 Å². The van der Waals surface area contributed by atoms with Crippen molar-refractivity contribution in [2.45, 2.75) is 125 Å². The molecule has 0 unspecified atom stereocenters. The van der Waals surface area contributed by atoms with Crippen LogP contribution in [0.2, 0.25) is 0 Å². The number of fused-ring (bicyclic) bond motifs is 7. The number of aromatic nitrogens is 1. The average molecular weight is 667 g/mol. The Balaban J connectivity index is 1.15. The summed E-state index contributed by atoms with van der Waals surface area (Å²) in [4.78, 5) is 30.5. The van der Waals surface area contributed by atoms with E-state index in [1.807, 2.05) is 18.3 Å². The van der Waals surface area contributed by atoms with Gasteiger partial charge in [-0.25, -0.2) is 4.79 Å². The van der Waals surface area contributed by atoms with E-state index in [1.54, 1.807) is 12.1 Å². The molecule has 49 heavy (non-hydrogen) atoms. The summed E-state index contributed by atoms with van der Waals surface area (Å²) in [5.74, 6) is 3.51. The minimum atomic E-state index is -0.851. The number of nitrogens with one attached hydrogen (secondary N) is 1. The van der Waals surface area contributed by atoms with Crippen LogP contribution in [0.25, 0.3) is 0 Å². The Morgan fingerprint density at radius 1 is 0.837 bits per heavy atom. The summed E-state index contributed by atoms with van der Waals surface area (Å²) in [6.07, 6.45) is 14.6. The first-order chi connectivity index (χ1) is 23.2. The number of carboxylic acids is 1. The fourth-order valence-electron chi connectivity index (χ4n) is 14.3. The van der Waals surface area contributed by atoms with Crippen molar-refractivity contribution in [3.8, 4) is 0 Å². The second-order valence-corrected chi connectivity index (χ2v) is 19.0. The molecule has 0 aliphatic heterocycles. The molecular formula is C44H62N2O3. The summed E-state index contributed by atoms with van der Waals surface area (Å²) in [6, 6.07) is 13.8. The number of carbonyl (C=O) groups excluding carboxylic acids is 1. The predicted molar refractivity (Wildman–Crippen MR) is 196 cm³/mol. The Kier molecular flexibility index (Phi) is 8.67. The molecule has 0 radical (unpaired) electrons. The quantitative estimate of drug-likeness (QED) is 0.308. The Bertz CT molecular complexity index is 1550. The van der Waals surface area contributed by atoms with Crippen LogP contribution in [0.15, 0.2) is 48.7 Å². The van der Waals surface area contributed by atoms with Crippen LogP contribution in [0.3, 0.4) is 0 Å². The van der Waals surface area contributed by atoms with Crippen LogP contribution in [-0.4, -0.2) is 28.5 Å². The van der Waals surface area contributed by atoms with Gasteiger partial charge in [0.1, 0.15) is 0 Å². The van der Waals surface area contributed by atoms with Gasteiger partial charge < -0.3 is 10.4 Å². The maximum Gasteiger partial charge on any atom is 0.335 e. The minimum Gasteiger partial charge on any atom is -0.478 e. The Labute approximate surface area is 295 Å². The van der Waals surface area contributed by atoms with E-state index in [0.717, 1.165) is 25.0 Å². The van der Waals surface area contributed by atoms with E-state index >= 15 is 0 Å². The van der Waals surface area contributed by atoms with Gasteiger partial charge in [0.2, 0.25) is 5.91 Å². The van der Waals surface area contributed by atoms with E-state index < -0.39 is 5.97 Å². The van der Waals surface area contributed by atoms with Crippen molar-refractivity contribution < 1.29 is 14.7 Å². The third-order valence-electron chi connectivity index (χ3n) is 16.8. The molecule has 5 fully saturated rings.